The molecule has 0 saturated heterocycles. The van der Waals surface area contributed by atoms with Crippen molar-refractivity contribution in [3.63, 3.8) is 0 Å². The number of aromatic nitrogens is 1. The highest BCUT2D eigenvalue weighted by atomic mass is 19.1. The van der Waals surface area contributed by atoms with Crippen LogP contribution >= 0.6 is 0 Å². The number of anilines is 1. The molecule has 2 heterocycles. The average Bonchev–Trinajstić information content (AvgIpc) is 3.09. The van der Waals surface area contributed by atoms with Crippen molar-refractivity contribution in [3.8, 4) is 5.75 Å². The number of hydrogen-bond acceptors (Lipinski definition) is 3. The molecule has 0 amide bonds. The summed E-state index contributed by atoms with van der Waals surface area (Å²) in [5.41, 5.74) is 3.35. The van der Waals surface area contributed by atoms with Gasteiger partial charge in [-0.05, 0) is 69.1 Å². The quantitative estimate of drug-likeness (QED) is 0.592. The van der Waals surface area contributed by atoms with Crippen LogP contribution in [0.4, 0.5) is 10.1 Å². The molecule has 5 heteroatoms. The van der Waals surface area contributed by atoms with E-state index in [0.717, 1.165) is 49.1 Å². The van der Waals surface area contributed by atoms with Gasteiger partial charge in [-0.1, -0.05) is 12.1 Å². The molecular formula is C23H28FN3O. The molecule has 1 atom stereocenters. The van der Waals surface area contributed by atoms with Gasteiger partial charge < -0.3 is 19.9 Å². The molecule has 0 saturated carbocycles. The van der Waals surface area contributed by atoms with Gasteiger partial charge in [0.05, 0.1) is 12.2 Å². The Morgan fingerprint density at radius 2 is 2.11 bits per heavy atom. The van der Waals surface area contributed by atoms with Crippen LogP contribution in [-0.2, 0) is 6.42 Å². The number of nitrogens with zero attached hydrogens (tertiary/aromatic N) is 1. The number of rotatable bonds is 7. The number of benzene rings is 2. The highest BCUT2D eigenvalue weighted by Crippen LogP contribution is 2.34. The van der Waals surface area contributed by atoms with Crippen molar-refractivity contribution >= 4 is 16.6 Å². The van der Waals surface area contributed by atoms with Crippen LogP contribution in [0.15, 0.2) is 48.7 Å². The van der Waals surface area contributed by atoms with Gasteiger partial charge in [0.25, 0.3) is 0 Å². The Kier molecular flexibility index (Phi) is 5.53. The summed E-state index contributed by atoms with van der Waals surface area (Å²) in [6.45, 7) is 7.06. The molecule has 28 heavy (non-hydrogen) atoms. The predicted molar refractivity (Wildman–Crippen MR) is 113 cm³/mol. The molecule has 0 bridgehead atoms. The summed E-state index contributed by atoms with van der Waals surface area (Å²) < 4.78 is 19.7. The number of ether oxygens (including phenoxy) is 1. The first-order valence-corrected chi connectivity index (χ1v) is 10.1. The molecule has 4 nitrogen and oxygen atoms in total. The van der Waals surface area contributed by atoms with E-state index in [4.69, 9.17) is 4.74 Å². The second kappa shape index (κ2) is 8.23. The van der Waals surface area contributed by atoms with Crippen molar-refractivity contribution in [2.75, 3.05) is 24.5 Å². The number of fused-ring (bicyclic) bond motifs is 2. The zero-order chi connectivity index (χ0) is 19.5. The van der Waals surface area contributed by atoms with Crippen molar-refractivity contribution in [1.82, 2.24) is 10.3 Å². The van der Waals surface area contributed by atoms with E-state index < -0.39 is 0 Å². The van der Waals surface area contributed by atoms with E-state index in [0.29, 0.717) is 6.04 Å². The van der Waals surface area contributed by atoms with Gasteiger partial charge in [-0.3, -0.25) is 0 Å². The number of aryl methyl sites for hydroxylation is 1. The van der Waals surface area contributed by atoms with Gasteiger partial charge in [-0.25, -0.2) is 4.39 Å². The van der Waals surface area contributed by atoms with E-state index in [9.17, 15) is 4.39 Å². The number of aromatic amines is 1. The summed E-state index contributed by atoms with van der Waals surface area (Å²) in [4.78, 5) is 5.63. The van der Waals surface area contributed by atoms with Gasteiger partial charge in [0, 0.05) is 29.7 Å². The number of nitrogens with one attached hydrogen (secondary N) is 2. The Bertz CT molecular complexity index is 936. The summed E-state index contributed by atoms with van der Waals surface area (Å²) in [5.74, 6) is 0.783. The first-order valence-electron chi connectivity index (χ1n) is 10.1. The number of hydrogen-bond donors (Lipinski definition) is 2. The highest BCUT2D eigenvalue weighted by Gasteiger charge is 2.26. The van der Waals surface area contributed by atoms with E-state index in [1.807, 2.05) is 18.3 Å². The monoisotopic (exact) mass is 381 g/mol. The fourth-order valence-corrected chi connectivity index (χ4v) is 3.95. The van der Waals surface area contributed by atoms with Crippen LogP contribution in [-0.4, -0.2) is 36.8 Å². The van der Waals surface area contributed by atoms with Gasteiger partial charge in [0.1, 0.15) is 17.7 Å². The second-order valence-electron chi connectivity index (χ2n) is 7.77. The van der Waals surface area contributed by atoms with Crippen LogP contribution in [0, 0.1) is 5.82 Å². The Balaban J connectivity index is 1.28. The van der Waals surface area contributed by atoms with Crippen LogP contribution < -0.4 is 15.0 Å². The minimum Gasteiger partial charge on any atom is -0.485 e. The third-order valence-corrected chi connectivity index (χ3v) is 5.39. The largest absolute Gasteiger partial charge is 0.485 e. The van der Waals surface area contributed by atoms with Gasteiger partial charge in [-0.2, -0.15) is 0 Å². The smallest absolute Gasteiger partial charge is 0.143 e. The van der Waals surface area contributed by atoms with E-state index in [1.54, 1.807) is 12.1 Å². The van der Waals surface area contributed by atoms with Crippen molar-refractivity contribution in [2.45, 2.75) is 38.8 Å². The lowest BCUT2D eigenvalue weighted by atomic mass is 10.1. The molecule has 1 aliphatic heterocycles. The van der Waals surface area contributed by atoms with Crippen molar-refractivity contribution in [2.24, 2.45) is 0 Å². The molecule has 0 fully saturated rings. The summed E-state index contributed by atoms with van der Waals surface area (Å²) >= 11 is 0. The van der Waals surface area contributed by atoms with E-state index >= 15 is 0 Å². The maximum Gasteiger partial charge on any atom is 0.143 e. The molecule has 1 aliphatic rings. The maximum atomic E-state index is 13.5. The molecular weight excluding hydrogens is 353 g/mol. The molecule has 4 rings (SSSR count). The zero-order valence-electron chi connectivity index (χ0n) is 16.5. The maximum absolute atomic E-state index is 13.5. The average molecular weight is 381 g/mol. The van der Waals surface area contributed by atoms with Gasteiger partial charge in [0.15, 0.2) is 0 Å². The fraction of sp³-hybridized carbons (Fsp3) is 0.391. The van der Waals surface area contributed by atoms with E-state index in [1.165, 1.54) is 17.3 Å². The van der Waals surface area contributed by atoms with Crippen LogP contribution in [0.2, 0.25) is 0 Å². The Morgan fingerprint density at radius 1 is 1.25 bits per heavy atom. The Morgan fingerprint density at radius 3 is 2.96 bits per heavy atom. The lowest BCUT2D eigenvalue weighted by Crippen LogP contribution is -2.47. The fourth-order valence-electron chi connectivity index (χ4n) is 3.95. The van der Waals surface area contributed by atoms with Crippen molar-refractivity contribution < 1.29 is 9.13 Å². The standard InChI is InChI=1S/C23H28FN3O/c1-16(2)27-15-19(28-23-8-4-3-7-22(23)27)14-25-11-5-6-17-13-26-21-10-9-18(24)12-20(17)21/h3-4,7-10,12-13,16,19,25-26H,5-6,11,14-15H2,1-2H3. The summed E-state index contributed by atoms with van der Waals surface area (Å²) in [6, 6.07) is 13.6. The predicted octanol–water partition coefficient (Wildman–Crippen LogP) is 4.51. The first kappa shape index (κ1) is 18.8. The second-order valence-corrected chi connectivity index (χ2v) is 7.77. The number of halogens is 1. The van der Waals surface area contributed by atoms with Gasteiger partial charge in [-0.15, -0.1) is 0 Å². The summed E-state index contributed by atoms with van der Waals surface area (Å²) in [7, 11) is 0. The van der Waals surface area contributed by atoms with E-state index in [-0.39, 0.29) is 11.9 Å². The lowest BCUT2D eigenvalue weighted by Gasteiger charge is -2.39. The number of H-pyrrole nitrogens is 1. The molecule has 3 aromatic rings. The molecule has 0 radical (unpaired) electrons. The summed E-state index contributed by atoms with van der Waals surface area (Å²) in [6.07, 6.45) is 4.05. The van der Waals surface area contributed by atoms with Crippen LogP contribution in [0.3, 0.4) is 0 Å². The third kappa shape index (κ3) is 3.99. The summed E-state index contributed by atoms with van der Waals surface area (Å²) in [5, 5.41) is 4.52. The van der Waals surface area contributed by atoms with Crippen molar-refractivity contribution in [3.05, 3.63) is 60.0 Å². The molecule has 0 aliphatic carbocycles. The SMILES string of the molecule is CC(C)N1CC(CNCCCc2c[nH]c3ccc(F)cc23)Oc2ccccc21. The normalized spacial score (nSPS) is 16.4. The van der Waals surface area contributed by atoms with Crippen LogP contribution in [0.5, 0.6) is 5.75 Å². The zero-order valence-corrected chi connectivity index (χ0v) is 16.5. The van der Waals surface area contributed by atoms with E-state index in [2.05, 4.69) is 41.2 Å². The van der Waals surface area contributed by atoms with Crippen molar-refractivity contribution in [1.29, 1.82) is 0 Å². The van der Waals surface area contributed by atoms with Crippen LogP contribution in [0.25, 0.3) is 10.9 Å². The lowest BCUT2D eigenvalue weighted by molar-refractivity contribution is 0.187. The third-order valence-electron chi connectivity index (χ3n) is 5.39. The minimum atomic E-state index is -0.184. The molecule has 0 spiro atoms. The molecule has 2 N–H and O–H groups in total. The molecule has 1 unspecified atom stereocenters. The Labute approximate surface area is 165 Å². The Hall–Kier alpha value is -2.53. The molecule has 148 valence electrons. The molecule has 2 aromatic carbocycles. The minimum absolute atomic E-state index is 0.138. The first-order chi connectivity index (χ1) is 13.6. The van der Waals surface area contributed by atoms with Crippen LogP contribution in [0.1, 0.15) is 25.8 Å². The number of para-hydroxylation sites is 2. The highest BCUT2D eigenvalue weighted by molar-refractivity contribution is 5.83. The van der Waals surface area contributed by atoms with Gasteiger partial charge in [0.2, 0.25) is 0 Å². The van der Waals surface area contributed by atoms with Gasteiger partial charge >= 0.3 is 0 Å². The molecule has 1 aromatic heterocycles. The topological polar surface area (TPSA) is 40.3 Å².